The average Bonchev–Trinajstić information content (AvgIpc) is 2.98. The summed E-state index contributed by atoms with van der Waals surface area (Å²) >= 11 is 0. The van der Waals surface area contributed by atoms with Crippen molar-refractivity contribution in [3.8, 4) is 0 Å². The van der Waals surface area contributed by atoms with Gasteiger partial charge in [-0.1, -0.05) is 6.07 Å². The van der Waals surface area contributed by atoms with Gasteiger partial charge in [-0.05, 0) is 18.6 Å². The van der Waals surface area contributed by atoms with Crippen LogP contribution < -0.4 is 5.32 Å². The zero-order valence-electron chi connectivity index (χ0n) is 12.0. The van der Waals surface area contributed by atoms with Gasteiger partial charge < -0.3 is 14.6 Å². The highest BCUT2D eigenvalue weighted by Crippen LogP contribution is 2.21. The average molecular weight is 301 g/mol. The number of esters is 1. The van der Waals surface area contributed by atoms with Crippen LogP contribution in [0.5, 0.6) is 0 Å². The van der Waals surface area contributed by atoms with E-state index in [0.717, 1.165) is 0 Å². The van der Waals surface area contributed by atoms with Crippen LogP contribution in [0.15, 0.2) is 24.4 Å². The number of anilines is 1. The molecule has 0 spiro atoms. The molecule has 22 heavy (non-hydrogen) atoms. The SMILES string of the molecule is COC(=O)C1CCn2c(nnc2C(=O)Nc2ccccn2)C1. The first kappa shape index (κ1) is 14.2. The smallest absolute Gasteiger partial charge is 0.309 e. The van der Waals surface area contributed by atoms with Gasteiger partial charge in [-0.25, -0.2) is 4.98 Å². The van der Waals surface area contributed by atoms with Gasteiger partial charge in [0.15, 0.2) is 0 Å². The molecule has 2 aromatic rings. The normalized spacial score (nSPS) is 16.7. The molecule has 1 atom stereocenters. The van der Waals surface area contributed by atoms with E-state index in [1.54, 1.807) is 29.0 Å². The van der Waals surface area contributed by atoms with Gasteiger partial charge in [0.2, 0.25) is 5.82 Å². The van der Waals surface area contributed by atoms with Crippen molar-refractivity contribution in [3.63, 3.8) is 0 Å². The van der Waals surface area contributed by atoms with Crippen molar-refractivity contribution in [2.45, 2.75) is 19.4 Å². The molecule has 0 bridgehead atoms. The summed E-state index contributed by atoms with van der Waals surface area (Å²) in [6.45, 7) is 0.507. The largest absolute Gasteiger partial charge is 0.469 e. The number of aromatic nitrogens is 4. The minimum absolute atomic E-state index is 0.226. The number of hydrogen-bond acceptors (Lipinski definition) is 6. The van der Waals surface area contributed by atoms with Gasteiger partial charge in [0.25, 0.3) is 5.91 Å². The maximum Gasteiger partial charge on any atom is 0.309 e. The molecule has 3 rings (SSSR count). The third-order valence-corrected chi connectivity index (χ3v) is 3.60. The maximum atomic E-state index is 12.3. The second-order valence-electron chi connectivity index (χ2n) is 4.97. The summed E-state index contributed by atoms with van der Waals surface area (Å²) in [5, 5.41) is 10.6. The molecular formula is C14H15N5O3. The molecule has 0 aromatic carbocycles. The number of methoxy groups -OCH3 is 1. The van der Waals surface area contributed by atoms with E-state index < -0.39 is 0 Å². The highest BCUT2D eigenvalue weighted by Gasteiger charge is 2.30. The fraction of sp³-hybridized carbons (Fsp3) is 0.357. The number of hydrogen-bond donors (Lipinski definition) is 1. The predicted molar refractivity (Wildman–Crippen MR) is 76.0 cm³/mol. The first-order chi connectivity index (χ1) is 10.7. The molecule has 0 radical (unpaired) electrons. The lowest BCUT2D eigenvalue weighted by Gasteiger charge is -2.21. The molecule has 1 N–H and O–H groups in total. The van der Waals surface area contributed by atoms with E-state index in [1.165, 1.54) is 7.11 Å². The highest BCUT2D eigenvalue weighted by molar-refractivity contribution is 6.01. The number of carbonyl (C=O) groups is 2. The van der Waals surface area contributed by atoms with Crippen LogP contribution >= 0.6 is 0 Å². The Balaban J connectivity index is 1.76. The minimum atomic E-state index is -0.367. The minimum Gasteiger partial charge on any atom is -0.469 e. The lowest BCUT2D eigenvalue weighted by molar-refractivity contribution is -0.146. The van der Waals surface area contributed by atoms with E-state index in [4.69, 9.17) is 4.74 Å². The molecule has 1 aliphatic rings. The molecule has 1 unspecified atom stereocenters. The predicted octanol–water partition coefficient (Wildman–Crippen LogP) is 0.661. The zero-order chi connectivity index (χ0) is 15.5. The number of carbonyl (C=O) groups excluding carboxylic acids is 2. The molecule has 2 aromatic heterocycles. The molecule has 3 heterocycles. The van der Waals surface area contributed by atoms with Gasteiger partial charge in [-0.15, -0.1) is 10.2 Å². The van der Waals surface area contributed by atoms with Gasteiger partial charge >= 0.3 is 5.97 Å². The summed E-state index contributed by atoms with van der Waals surface area (Å²) < 4.78 is 6.49. The third-order valence-electron chi connectivity index (χ3n) is 3.60. The fourth-order valence-electron chi connectivity index (χ4n) is 2.47. The number of nitrogens with one attached hydrogen (secondary N) is 1. The quantitative estimate of drug-likeness (QED) is 0.836. The van der Waals surface area contributed by atoms with Crippen molar-refractivity contribution >= 4 is 17.7 Å². The van der Waals surface area contributed by atoms with E-state index in [1.807, 2.05) is 0 Å². The van der Waals surface area contributed by atoms with Crippen molar-refractivity contribution in [2.24, 2.45) is 5.92 Å². The lowest BCUT2D eigenvalue weighted by Crippen LogP contribution is -2.29. The van der Waals surface area contributed by atoms with E-state index >= 15 is 0 Å². The van der Waals surface area contributed by atoms with Crippen LogP contribution in [0.4, 0.5) is 5.82 Å². The summed E-state index contributed by atoms with van der Waals surface area (Å²) in [6.07, 6.45) is 2.62. The molecule has 0 saturated heterocycles. The van der Waals surface area contributed by atoms with Gasteiger partial charge in [0.1, 0.15) is 11.6 Å². The summed E-state index contributed by atoms with van der Waals surface area (Å²) in [5.41, 5.74) is 0. The molecule has 1 aliphatic heterocycles. The molecule has 0 fully saturated rings. The Labute approximate surface area is 126 Å². The molecule has 114 valence electrons. The van der Waals surface area contributed by atoms with Gasteiger partial charge in [0.05, 0.1) is 13.0 Å². The van der Waals surface area contributed by atoms with Crippen LogP contribution in [0, 0.1) is 5.92 Å². The molecule has 8 nitrogen and oxygen atoms in total. The van der Waals surface area contributed by atoms with Crippen molar-refractivity contribution in [2.75, 3.05) is 12.4 Å². The molecule has 0 aliphatic carbocycles. The van der Waals surface area contributed by atoms with Crippen molar-refractivity contribution in [1.29, 1.82) is 0 Å². The number of nitrogens with zero attached hydrogens (tertiary/aromatic N) is 4. The van der Waals surface area contributed by atoms with Crippen LogP contribution in [0.3, 0.4) is 0 Å². The zero-order valence-corrected chi connectivity index (χ0v) is 12.0. The van der Waals surface area contributed by atoms with Crippen molar-refractivity contribution in [1.82, 2.24) is 19.7 Å². The number of amides is 1. The second-order valence-corrected chi connectivity index (χ2v) is 4.97. The number of ether oxygens (including phenoxy) is 1. The van der Waals surface area contributed by atoms with Gasteiger partial charge in [-0.2, -0.15) is 0 Å². The Morgan fingerprint density at radius 1 is 1.36 bits per heavy atom. The first-order valence-electron chi connectivity index (χ1n) is 6.91. The Hall–Kier alpha value is -2.77. The van der Waals surface area contributed by atoms with Gasteiger partial charge in [-0.3, -0.25) is 9.59 Å². The molecular weight excluding hydrogens is 286 g/mol. The summed E-state index contributed by atoms with van der Waals surface area (Å²) in [7, 11) is 1.37. The topological polar surface area (TPSA) is 99.0 Å². The third kappa shape index (κ3) is 2.67. The second kappa shape index (κ2) is 5.92. The van der Waals surface area contributed by atoms with Crippen molar-refractivity contribution < 1.29 is 14.3 Å². The monoisotopic (exact) mass is 301 g/mol. The summed E-state index contributed by atoms with van der Waals surface area (Å²) in [5.74, 6) is 0.445. The summed E-state index contributed by atoms with van der Waals surface area (Å²) in [6, 6.07) is 5.24. The van der Waals surface area contributed by atoms with Crippen LogP contribution in [0.25, 0.3) is 0 Å². The molecule has 1 amide bonds. The van der Waals surface area contributed by atoms with E-state index in [9.17, 15) is 9.59 Å². The molecule has 8 heteroatoms. The van der Waals surface area contributed by atoms with E-state index in [-0.39, 0.29) is 23.6 Å². The van der Waals surface area contributed by atoms with Crippen molar-refractivity contribution in [3.05, 3.63) is 36.0 Å². The maximum absolute atomic E-state index is 12.3. The first-order valence-corrected chi connectivity index (χ1v) is 6.91. The summed E-state index contributed by atoms with van der Waals surface area (Å²) in [4.78, 5) is 27.9. The molecule has 0 saturated carbocycles. The highest BCUT2D eigenvalue weighted by atomic mass is 16.5. The van der Waals surface area contributed by atoms with E-state index in [0.29, 0.717) is 31.0 Å². The van der Waals surface area contributed by atoms with Crippen LogP contribution in [0.2, 0.25) is 0 Å². The van der Waals surface area contributed by atoms with Crippen LogP contribution in [0.1, 0.15) is 22.9 Å². The van der Waals surface area contributed by atoms with Crippen LogP contribution in [-0.4, -0.2) is 38.7 Å². The standard InChI is InChI=1S/C14H15N5O3/c1-22-14(21)9-5-7-19-11(8-9)17-18-12(19)13(20)16-10-4-2-3-6-15-10/h2-4,6,9H,5,7-8H2,1H3,(H,15,16,20). The fourth-order valence-corrected chi connectivity index (χ4v) is 2.47. The number of rotatable bonds is 3. The Morgan fingerprint density at radius 3 is 2.95 bits per heavy atom. The Bertz CT molecular complexity index is 698. The van der Waals surface area contributed by atoms with Crippen LogP contribution in [-0.2, 0) is 22.5 Å². The Kier molecular flexibility index (Phi) is 3.82. The Morgan fingerprint density at radius 2 is 2.23 bits per heavy atom. The lowest BCUT2D eigenvalue weighted by atomic mass is 9.98. The van der Waals surface area contributed by atoms with Gasteiger partial charge in [0, 0.05) is 19.2 Å². The van der Waals surface area contributed by atoms with E-state index in [2.05, 4.69) is 20.5 Å². The number of pyridine rings is 1. The number of fused-ring (bicyclic) bond motifs is 1.